The first-order valence-corrected chi connectivity index (χ1v) is 7.83. The summed E-state index contributed by atoms with van der Waals surface area (Å²) in [6.07, 6.45) is 2.11. The fourth-order valence-corrected chi connectivity index (χ4v) is 2.48. The number of carbonyl (C=O) groups is 2. The molecule has 5 nitrogen and oxygen atoms in total. The van der Waals surface area contributed by atoms with Crippen LogP contribution in [0.2, 0.25) is 0 Å². The van der Waals surface area contributed by atoms with Crippen LogP contribution in [-0.2, 0) is 9.53 Å². The molecular formula is C17H24N2O3. The van der Waals surface area contributed by atoms with E-state index in [9.17, 15) is 9.59 Å². The number of rotatable bonds is 6. The zero-order valence-corrected chi connectivity index (χ0v) is 13.2. The van der Waals surface area contributed by atoms with Crippen molar-refractivity contribution in [2.45, 2.75) is 38.8 Å². The monoisotopic (exact) mass is 304 g/mol. The average Bonchev–Trinajstić information content (AvgIpc) is 3.04. The summed E-state index contributed by atoms with van der Waals surface area (Å²) >= 11 is 0. The highest BCUT2D eigenvalue weighted by Crippen LogP contribution is 2.11. The van der Waals surface area contributed by atoms with Crippen molar-refractivity contribution >= 4 is 11.8 Å². The predicted molar refractivity (Wildman–Crippen MR) is 84.5 cm³/mol. The standard InChI is InChI=1S/C17H24N2O3/c1-12(2)15(17(21)18-11-14-9-6-10-22-14)19-16(20)13-7-4-3-5-8-13/h3-5,7-8,12,14-15H,6,9-11H2,1-2H3,(H,18,21)(H,19,20). The van der Waals surface area contributed by atoms with Crippen molar-refractivity contribution in [3.63, 3.8) is 0 Å². The van der Waals surface area contributed by atoms with Crippen LogP contribution in [-0.4, -0.2) is 37.1 Å². The number of amides is 2. The second-order valence-corrected chi connectivity index (χ2v) is 5.94. The van der Waals surface area contributed by atoms with E-state index in [1.165, 1.54) is 0 Å². The first-order valence-electron chi connectivity index (χ1n) is 7.83. The van der Waals surface area contributed by atoms with Gasteiger partial charge in [-0.3, -0.25) is 9.59 Å². The Morgan fingerprint density at radius 3 is 2.59 bits per heavy atom. The molecule has 2 atom stereocenters. The first kappa shape index (κ1) is 16.5. The summed E-state index contributed by atoms with van der Waals surface area (Å²) in [6.45, 7) is 5.10. The quantitative estimate of drug-likeness (QED) is 0.841. The minimum Gasteiger partial charge on any atom is -0.376 e. The molecule has 1 fully saturated rings. The molecule has 1 heterocycles. The normalized spacial score (nSPS) is 19.0. The molecular weight excluding hydrogens is 280 g/mol. The highest BCUT2D eigenvalue weighted by molar-refractivity contribution is 5.97. The lowest BCUT2D eigenvalue weighted by molar-refractivity contribution is -0.124. The summed E-state index contributed by atoms with van der Waals surface area (Å²) in [4.78, 5) is 24.5. The van der Waals surface area contributed by atoms with E-state index >= 15 is 0 Å². The van der Waals surface area contributed by atoms with Crippen molar-refractivity contribution in [2.75, 3.05) is 13.2 Å². The van der Waals surface area contributed by atoms with Gasteiger partial charge in [-0.1, -0.05) is 32.0 Å². The smallest absolute Gasteiger partial charge is 0.251 e. The third-order valence-electron chi connectivity index (χ3n) is 3.80. The number of ether oxygens (including phenoxy) is 1. The summed E-state index contributed by atoms with van der Waals surface area (Å²) < 4.78 is 5.49. The lowest BCUT2D eigenvalue weighted by Gasteiger charge is -2.22. The summed E-state index contributed by atoms with van der Waals surface area (Å²) in [6, 6.07) is 8.38. The van der Waals surface area contributed by atoms with Crippen LogP contribution in [0.3, 0.4) is 0 Å². The van der Waals surface area contributed by atoms with Crippen molar-refractivity contribution in [1.82, 2.24) is 10.6 Å². The third kappa shape index (κ3) is 4.56. The Balaban J connectivity index is 1.91. The molecule has 1 aliphatic rings. The molecule has 0 radical (unpaired) electrons. The predicted octanol–water partition coefficient (Wildman–Crippen LogP) is 1.74. The number of benzene rings is 1. The fourth-order valence-electron chi connectivity index (χ4n) is 2.48. The van der Waals surface area contributed by atoms with Gasteiger partial charge in [-0.05, 0) is 30.9 Å². The minimum absolute atomic E-state index is 0.0113. The second-order valence-electron chi connectivity index (χ2n) is 5.94. The summed E-state index contributed by atoms with van der Waals surface area (Å²) in [7, 11) is 0. The van der Waals surface area contributed by atoms with Crippen LogP contribution in [0.4, 0.5) is 0 Å². The molecule has 2 rings (SSSR count). The largest absolute Gasteiger partial charge is 0.376 e. The average molecular weight is 304 g/mol. The SMILES string of the molecule is CC(C)C(NC(=O)c1ccccc1)C(=O)NCC1CCCO1. The molecule has 120 valence electrons. The van der Waals surface area contributed by atoms with Crippen molar-refractivity contribution in [3.05, 3.63) is 35.9 Å². The molecule has 0 aliphatic carbocycles. The van der Waals surface area contributed by atoms with E-state index < -0.39 is 6.04 Å². The van der Waals surface area contributed by atoms with Crippen LogP contribution >= 0.6 is 0 Å². The van der Waals surface area contributed by atoms with Gasteiger partial charge in [0.15, 0.2) is 0 Å². The van der Waals surface area contributed by atoms with E-state index in [0.29, 0.717) is 12.1 Å². The van der Waals surface area contributed by atoms with E-state index in [2.05, 4.69) is 10.6 Å². The van der Waals surface area contributed by atoms with E-state index in [0.717, 1.165) is 19.4 Å². The van der Waals surface area contributed by atoms with E-state index in [1.807, 2.05) is 19.9 Å². The lowest BCUT2D eigenvalue weighted by Crippen LogP contribution is -2.50. The minimum atomic E-state index is -0.547. The third-order valence-corrected chi connectivity index (χ3v) is 3.80. The maximum atomic E-state index is 12.3. The summed E-state index contributed by atoms with van der Waals surface area (Å²) in [5.74, 6) is -0.376. The van der Waals surface area contributed by atoms with Gasteiger partial charge in [-0.15, -0.1) is 0 Å². The van der Waals surface area contributed by atoms with Crippen LogP contribution in [0.25, 0.3) is 0 Å². The number of hydrogen-bond acceptors (Lipinski definition) is 3. The van der Waals surface area contributed by atoms with Gasteiger partial charge in [-0.25, -0.2) is 0 Å². The molecule has 0 aromatic heterocycles. The van der Waals surface area contributed by atoms with E-state index in [-0.39, 0.29) is 23.8 Å². The van der Waals surface area contributed by atoms with Crippen LogP contribution in [0.5, 0.6) is 0 Å². The molecule has 5 heteroatoms. The summed E-state index contributed by atoms with van der Waals surface area (Å²) in [5.41, 5.74) is 0.556. The molecule has 2 N–H and O–H groups in total. The first-order chi connectivity index (χ1) is 10.6. The van der Waals surface area contributed by atoms with Gasteiger partial charge in [0.2, 0.25) is 5.91 Å². The van der Waals surface area contributed by atoms with Gasteiger partial charge < -0.3 is 15.4 Å². The maximum absolute atomic E-state index is 12.3. The molecule has 1 aliphatic heterocycles. The fraction of sp³-hybridized carbons (Fsp3) is 0.529. The molecule has 1 aromatic rings. The second kappa shape index (κ2) is 7.94. The van der Waals surface area contributed by atoms with Crippen molar-refractivity contribution < 1.29 is 14.3 Å². The highest BCUT2D eigenvalue weighted by Gasteiger charge is 2.25. The highest BCUT2D eigenvalue weighted by atomic mass is 16.5. The topological polar surface area (TPSA) is 67.4 Å². The zero-order valence-electron chi connectivity index (χ0n) is 13.2. The van der Waals surface area contributed by atoms with Crippen LogP contribution in [0, 0.1) is 5.92 Å². The lowest BCUT2D eigenvalue weighted by atomic mass is 10.0. The summed E-state index contributed by atoms with van der Waals surface area (Å²) in [5, 5.41) is 5.70. The van der Waals surface area contributed by atoms with Crippen molar-refractivity contribution in [1.29, 1.82) is 0 Å². The van der Waals surface area contributed by atoms with Crippen LogP contribution in [0.1, 0.15) is 37.0 Å². The Morgan fingerprint density at radius 2 is 2.00 bits per heavy atom. The Hall–Kier alpha value is -1.88. The van der Waals surface area contributed by atoms with Crippen LogP contribution in [0.15, 0.2) is 30.3 Å². The molecule has 22 heavy (non-hydrogen) atoms. The van der Waals surface area contributed by atoms with Gasteiger partial charge in [-0.2, -0.15) is 0 Å². The Labute approximate surface area is 131 Å². The van der Waals surface area contributed by atoms with E-state index in [4.69, 9.17) is 4.74 Å². The van der Waals surface area contributed by atoms with Crippen molar-refractivity contribution in [2.24, 2.45) is 5.92 Å². The Bertz CT molecular complexity index is 496. The van der Waals surface area contributed by atoms with Crippen molar-refractivity contribution in [3.8, 4) is 0 Å². The molecule has 2 unspecified atom stereocenters. The molecule has 0 bridgehead atoms. The van der Waals surface area contributed by atoms with E-state index in [1.54, 1.807) is 24.3 Å². The molecule has 2 amide bonds. The van der Waals surface area contributed by atoms with Gasteiger partial charge in [0, 0.05) is 18.7 Å². The Kier molecular flexibility index (Phi) is 5.95. The number of nitrogens with one attached hydrogen (secondary N) is 2. The van der Waals surface area contributed by atoms with Gasteiger partial charge in [0.05, 0.1) is 6.10 Å². The molecule has 1 aromatic carbocycles. The van der Waals surface area contributed by atoms with Gasteiger partial charge >= 0.3 is 0 Å². The van der Waals surface area contributed by atoms with Gasteiger partial charge in [0.25, 0.3) is 5.91 Å². The van der Waals surface area contributed by atoms with Gasteiger partial charge in [0.1, 0.15) is 6.04 Å². The number of hydrogen-bond donors (Lipinski definition) is 2. The maximum Gasteiger partial charge on any atom is 0.251 e. The molecule has 0 saturated carbocycles. The number of carbonyl (C=O) groups excluding carboxylic acids is 2. The Morgan fingerprint density at radius 1 is 1.27 bits per heavy atom. The molecule has 1 saturated heterocycles. The molecule has 0 spiro atoms. The van der Waals surface area contributed by atoms with Crippen LogP contribution < -0.4 is 10.6 Å². The zero-order chi connectivity index (χ0) is 15.9.